The molecule has 0 bridgehead atoms. The highest BCUT2D eigenvalue weighted by Gasteiger charge is 2.22. The Bertz CT molecular complexity index is 1020. The molecule has 6 heteroatoms. The van der Waals surface area contributed by atoms with E-state index in [9.17, 15) is 4.79 Å². The van der Waals surface area contributed by atoms with Crippen LogP contribution in [0.2, 0.25) is 0 Å². The molecule has 1 aromatic carbocycles. The normalized spacial score (nSPS) is 14.0. The van der Waals surface area contributed by atoms with Gasteiger partial charge in [0.05, 0.1) is 0 Å². The van der Waals surface area contributed by atoms with E-state index in [-0.39, 0.29) is 5.91 Å². The van der Waals surface area contributed by atoms with Gasteiger partial charge >= 0.3 is 0 Å². The zero-order valence-corrected chi connectivity index (χ0v) is 15.9. The molecule has 0 fully saturated rings. The standard InChI is InChI=1S/C21H23N5O/c1-14-4-6-18-16(10-14)17-13-26(9-8-19(17)24-18)20(27)7-5-15-11-22-21(23-12-15)25(2)3/h4-7,10-12,24H,8-9,13H2,1-3H3. The second kappa shape index (κ2) is 6.87. The highest BCUT2D eigenvalue weighted by atomic mass is 16.2. The summed E-state index contributed by atoms with van der Waals surface area (Å²) in [5, 5.41) is 1.22. The highest BCUT2D eigenvalue weighted by molar-refractivity contribution is 5.93. The van der Waals surface area contributed by atoms with Gasteiger partial charge in [0, 0.05) is 79.8 Å². The molecule has 2 aromatic heterocycles. The summed E-state index contributed by atoms with van der Waals surface area (Å²) in [6.45, 7) is 3.45. The molecule has 0 saturated carbocycles. The SMILES string of the molecule is Cc1ccc2[nH]c3c(c2c1)CN(C(=O)C=Cc1cnc(N(C)C)nc1)CC3. The number of H-pyrrole nitrogens is 1. The lowest BCUT2D eigenvalue weighted by molar-refractivity contribution is -0.126. The number of hydrogen-bond donors (Lipinski definition) is 1. The summed E-state index contributed by atoms with van der Waals surface area (Å²) in [5.74, 6) is 0.663. The van der Waals surface area contributed by atoms with Gasteiger partial charge in [0.1, 0.15) is 0 Å². The maximum Gasteiger partial charge on any atom is 0.246 e. The van der Waals surface area contributed by atoms with Crippen LogP contribution >= 0.6 is 0 Å². The molecule has 27 heavy (non-hydrogen) atoms. The number of rotatable bonds is 3. The summed E-state index contributed by atoms with van der Waals surface area (Å²) in [6.07, 6.45) is 7.69. The van der Waals surface area contributed by atoms with Crippen LogP contribution in [0.3, 0.4) is 0 Å². The van der Waals surface area contributed by atoms with Gasteiger partial charge in [0.15, 0.2) is 0 Å². The number of anilines is 1. The molecule has 0 saturated heterocycles. The van der Waals surface area contributed by atoms with Crippen molar-refractivity contribution in [1.29, 1.82) is 0 Å². The molecule has 1 N–H and O–H groups in total. The number of aromatic amines is 1. The Hall–Kier alpha value is -3.15. The first-order chi connectivity index (χ1) is 13.0. The van der Waals surface area contributed by atoms with Gasteiger partial charge < -0.3 is 14.8 Å². The van der Waals surface area contributed by atoms with Crippen molar-refractivity contribution in [2.24, 2.45) is 0 Å². The number of hydrogen-bond acceptors (Lipinski definition) is 4. The van der Waals surface area contributed by atoms with Crippen molar-refractivity contribution in [3.8, 4) is 0 Å². The summed E-state index contributed by atoms with van der Waals surface area (Å²) in [5.41, 5.74) is 5.67. The predicted molar refractivity (Wildman–Crippen MR) is 108 cm³/mol. The van der Waals surface area contributed by atoms with E-state index in [2.05, 4.69) is 40.1 Å². The third kappa shape index (κ3) is 3.43. The van der Waals surface area contributed by atoms with Crippen molar-refractivity contribution in [2.75, 3.05) is 25.5 Å². The molecule has 1 amide bonds. The number of aromatic nitrogens is 3. The summed E-state index contributed by atoms with van der Waals surface area (Å²) in [7, 11) is 3.79. The van der Waals surface area contributed by atoms with Gasteiger partial charge in [-0.15, -0.1) is 0 Å². The van der Waals surface area contributed by atoms with Crippen LogP contribution in [-0.2, 0) is 17.8 Å². The average Bonchev–Trinajstić information content (AvgIpc) is 3.03. The van der Waals surface area contributed by atoms with Crippen molar-refractivity contribution in [1.82, 2.24) is 19.9 Å². The molecule has 1 aliphatic rings. The number of aryl methyl sites for hydroxylation is 1. The van der Waals surface area contributed by atoms with Gasteiger partial charge in [-0.05, 0) is 25.1 Å². The van der Waals surface area contributed by atoms with Crippen LogP contribution in [0.5, 0.6) is 0 Å². The minimum Gasteiger partial charge on any atom is -0.358 e. The number of carbonyl (C=O) groups excluding carboxylic acids is 1. The van der Waals surface area contributed by atoms with E-state index in [0.29, 0.717) is 12.5 Å². The van der Waals surface area contributed by atoms with Gasteiger partial charge in [-0.1, -0.05) is 11.6 Å². The lowest BCUT2D eigenvalue weighted by Gasteiger charge is -2.26. The Morgan fingerprint density at radius 3 is 2.78 bits per heavy atom. The fraction of sp³-hybridized carbons (Fsp3) is 0.286. The monoisotopic (exact) mass is 361 g/mol. The van der Waals surface area contributed by atoms with Crippen LogP contribution in [0.15, 0.2) is 36.7 Å². The maximum absolute atomic E-state index is 12.7. The van der Waals surface area contributed by atoms with Crippen LogP contribution in [0.1, 0.15) is 22.4 Å². The number of nitrogens with one attached hydrogen (secondary N) is 1. The van der Waals surface area contributed by atoms with Crippen molar-refractivity contribution in [2.45, 2.75) is 19.9 Å². The number of fused-ring (bicyclic) bond motifs is 3. The Labute approximate surface area is 158 Å². The number of nitrogens with zero attached hydrogens (tertiary/aromatic N) is 4. The van der Waals surface area contributed by atoms with E-state index in [0.717, 1.165) is 24.0 Å². The molecule has 3 aromatic rings. The summed E-state index contributed by atoms with van der Waals surface area (Å²) >= 11 is 0. The zero-order chi connectivity index (χ0) is 19.0. The van der Waals surface area contributed by atoms with Crippen LogP contribution in [0.25, 0.3) is 17.0 Å². The molecule has 0 aliphatic carbocycles. The van der Waals surface area contributed by atoms with Crippen molar-refractivity contribution < 1.29 is 4.79 Å². The summed E-state index contributed by atoms with van der Waals surface area (Å²) < 4.78 is 0. The van der Waals surface area contributed by atoms with E-state index in [1.54, 1.807) is 24.5 Å². The van der Waals surface area contributed by atoms with Crippen LogP contribution in [0, 0.1) is 6.92 Å². The number of amides is 1. The molecule has 1 aliphatic heterocycles. The first-order valence-electron chi connectivity index (χ1n) is 9.08. The lowest BCUT2D eigenvalue weighted by Crippen LogP contribution is -2.34. The van der Waals surface area contributed by atoms with Gasteiger partial charge in [0.25, 0.3) is 0 Å². The van der Waals surface area contributed by atoms with E-state index in [1.807, 2.05) is 23.9 Å². The largest absolute Gasteiger partial charge is 0.358 e. The Kier molecular flexibility index (Phi) is 4.39. The molecule has 0 unspecified atom stereocenters. The number of benzene rings is 1. The molecule has 0 spiro atoms. The van der Waals surface area contributed by atoms with Gasteiger partial charge in [-0.3, -0.25) is 4.79 Å². The van der Waals surface area contributed by atoms with E-state index < -0.39 is 0 Å². The topological polar surface area (TPSA) is 65.1 Å². The third-order valence-electron chi connectivity index (χ3n) is 4.92. The van der Waals surface area contributed by atoms with Crippen molar-refractivity contribution in [3.05, 3.63) is 59.1 Å². The molecule has 4 rings (SSSR count). The second-order valence-corrected chi connectivity index (χ2v) is 7.19. The first-order valence-corrected chi connectivity index (χ1v) is 9.08. The minimum absolute atomic E-state index is 0.0133. The Balaban J connectivity index is 1.50. The molecule has 0 atom stereocenters. The summed E-state index contributed by atoms with van der Waals surface area (Å²) in [4.78, 5) is 28.4. The average molecular weight is 361 g/mol. The number of carbonyl (C=O) groups is 1. The first kappa shape index (κ1) is 17.3. The van der Waals surface area contributed by atoms with Gasteiger partial charge in [-0.25, -0.2) is 9.97 Å². The molecule has 6 nitrogen and oxygen atoms in total. The van der Waals surface area contributed by atoms with Crippen LogP contribution in [0.4, 0.5) is 5.95 Å². The Morgan fingerprint density at radius 2 is 2.04 bits per heavy atom. The zero-order valence-electron chi connectivity index (χ0n) is 15.9. The fourth-order valence-corrected chi connectivity index (χ4v) is 3.44. The molecule has 3 heterocycles. The van der Waals surface area contributed by atoms with Crippen molar-refractivity contribution in [3.63, 3.8) is 0 Å². The maximum atomic E-state index is 12.7. The minimum atomic E-state index is 0.0133. The van der Waals surface area contributed by atoms with E-state index >= 15 is 0 Å². The van der Waals surface area contributed by atoms with Crippen LogP contribution < -0.4 is 4.90 Å². The molecular formula is C21H23N5O. The third-order valence-corrected chi connectivity index (χ3v) is 4.92. The summed E-state index contributed by atoms with van der Waals surface area (Å²) in [6, 6.07) is 6.42. The molecule has 138 valence electrons. The highest BCUT2D eigenvalue weighted by Crippen LogP contribution is 2.28. The Morgan fingerprint density at radius 1 is 1.26 bits per heavy atom. The smallest absolute Gasteiger partial charge is 0.246 e. The van der Waals surface area contributed by atoms with E-state index in [1.165, 1.54) is 22.2 Å². The second-order valence-electron chi connectivity index (χ2n) is 7.19. The van der Waals surface area contributed by atoms with E-state index in [4.69, 9.17) is 0 Å². The van der Waals surface area contributed by atoms with Gasteiger partial charge in [-0.2, -0.15) is 0 Å². The predicted octanol–water partition coefficient (Wildman–Crippen LogP) is 2.93. The fourth-order valence-electron chi connectivity index (χ4n) is 3.44. The van der Waals surface area contributed by atoms with Crippen molar-refractivity contribution >= 4 is 28.8 Å². The lowest BCUT2D eigenvalue weighted by atomic mass is 10.0. The van der Waals surface area contributed by atoms with Crippen LogP contribution in [-0.4, -0.2) is 46.4 Å². The molecule has 0 radical (unpaired) electrons. The quantitative estimate of drug-likeness (QED) is 0.729. The van der Waals surface area contributed by atoms with Gasteiger partial charge in [0.2, 0.25) is 11.9 Å². The molecular weight excluding hydrogens is 338 g/mol.